The predicted octanol–water partition coefficient (Wildman–Crippen LogP) is 2.17. The Bertz CT molecular complexity index is 164. The van der Waals surface area contributed by atoms with E-state index in [1.807, 2.05) is 0 Å². The fourth-order valence-corrected chi connectivity index (χ4v) is 1.78. The van der Waals surface area contributed by atoms with Gasteiger partial charge in [-0.25, -0.2) is 0 Å². The third kappa shape index (κ3) is 3.97. The second kappa shape index (κ2) is 5.13. The number of nitrogens with one attached hydrogen (secondary N) is 1. The average Bonchev–Trinajstić information content (AvgIpc) is 2.95. The monoisotopic (exact) mass is 199 g/mol. The van der Waals surface area contributed by atoms with E-state index in [1.54, 1.807) is 0 Å². The van der Waals surface area contributed by atoms with E-state index in [4.69, 9.17) is 5.11 Å². The Kier molecular flexibility index (Phi) is 4.39. The average molecular weight is 199 g/mol. The van der Waals surface area contributed by atoms with E-state index >= 15 is 0 Å². The predicted molar refractivity (Wildman–Crippen MR) is 60.3 cm³/mol. The van der Waals surface area contributed by atoms with Crippen molar-refractivity contribution < 1.29 is 5.11 Å². The van der Waals surface area contributed by atoms with E-state index in [-0.39, 0.29) is 12.0 Å². The van der Waals surface area contributed by atoms with Crippen molar-refractivity contribution in [1.82, 2.24) is 5.32 Å². The lowest BCUT2D eigenvalue weighted by Gasteiger charge is -2.26. The topological polar surface area (TPSA) is 32.3 Å². The summed E-state index contributed by atoms with van der Waals surface area (Å²) in [6.45, 7) is 7.66. The second-order valence-electron chi connectivity index (χ2n) is 5.44. The van der Waals surface area contributed by atoms with E-state index in [0.29, 0.717) is 6.04 Å². The van der Waals surface area contributed by atoms with Crippen LogP contribution in [-0.4, -0.2) is 24.3 Å². The first-order valence-electron chi connectivity index (χ1n) is 5.93. The second-order valence-corrected chi connectivity index (χ2v) is 5.44. The van der Waals surface area contributed by atoms with Crippen LogP contribution in [0.15, 0.2) is 0 Å². The molecular weight excluding hydrogens is 174 g/mol. The molecule has 1 aliphatic rings. The molecule has 2 heteroatoms. The van der Waals surface area contributed by atoms with Crippen LogP contribution in [0.5, 0.6) is 0 Å². The van der Waals surface area contributed by atoms with Gasteiger partial charge in [-0.2, -0.15) is 0 Å². The molecule has 14 heavy (non-hydrogen) atoms. The van der Waals surface area contributed by atoms with Crippen molar-refractivity contribution in [2.75, 3.05) is 13.2 Å². The van der Waals surface area contributed by atoms with E-state index in [1.165, 1.54) is 25.7 Å². The van der Waals surface area contributed by atoms with Crippen molar-refractivity contribution in [3.8, 4) is 0 Å². The molecule has 2 N–H and O–H groups in total. The lowest BCUT2D eigenvalue weighted by molar-refractivity contribution is 0.151. The van der Waals surface area contributed by atoms with E-state index in [2.05, 4.69) is 26.1 Å². The van der Waals surface area contributed by atoms with Crippen LogP contribution >= 0.6 is 0 Å². The van der Waals surface area contributed by atoms with E-state index in [9.17, 15) is 0 Å². The summed E-state index contributed by atoms with van der Waals surface area (Å²) >= 11 is 0. The molecule has 0 saturated heterocycles. The van der Waals surface area contributed by atoms with Gasteiger partial charge in [-0.1, -0.05) is 27.2 Å². The molecule has 0 heterocycles. The Labute approximate surface area is 88.1 Å². The minimum Gasteiger partial charge on any atom is -0.396 e. The number of rotatable bonds is 7. The van der Waals surface area contributed by atoms with Crippen molar-refractivity contribution in [2.45, 2.75) is 52.5 Å². The maximum absolute atomic E-state index is 9.15. The van der Waals surface area contributed by atoms with Gasteiger partial charge in [-0.15, -0.1) is 0 Å². The van der Waals surface area contributed by atoms with Gasteiger partial charge in [0.1, 0.15) is 0 Å². The molecule has 0 bridgehead atoms. The van der Waals surface area contributed by atoms with Crippen LogP contribution in [0.25, 0.3) is 0 Å². The summed E-state index contributed by atoms with van der Waals surface area (Å²) in [7, 11) is 0. The lowest BCUT2D eigenvalue weighted by atomic mass is 9.94. The number of hydrogen-bond acceptors (Lipinski definition) is 2. The largest absolute Gasteiger partial charge is 0.396 e. The molecule has 84 valence electrons. The summed E-state index contributed by atoms with van der Waals surface area (Å²) < 4.78 is 0. The van der Waals surface area contributed by atoms with Gasteiger partial charge in [0.15, 0.2) is 0 Å². The number of aliphatic hydroxyl groups excluding tert-OH is 1. The molecule has 0 aromatic rings. The van der Waals surface area contributed by atoms with E-state index in [0.717, 1.165) is 12.5 Å². The van der Waals surface area contributed by atoms with Gasteiger partial charge in [0, 0.05) is 24.6 Å². The molecule has 1 atom stereocenters. The zero-order valence-electron chi connectivity index (χ0n) is 9.84. The van der Waals surface area contributed by atoms with Crippen LogP contribution in [-0.2, 0) is 0 Å². The highest BCUT2D eigenvalue weighted by Gasteiger charge is 2.31. The Morgan fingerprint density at radius 1 is 1.43 bits per heavy atom. The summed E-state index contributed by atoms with van der Waals surface area (Å²) in [6, 6.07) is 0.700. The summed E-state index contributed by atoms with van der Waals surface area (Å²) in [5.74, 6) is 0.921. The quantitative estimate of drug-likeness (QED) is 0.658. The van der Waals surface area contributed by atoms with Crippen LogP contribution in [0.4, 0.5) is 0 Å². The molecular formula is C12H25NO. The summed E-state index contributed by atoms with van der Waals surface area (Å²) in [5, 5.41) is 12.8. The molecule has 1 saturated carbocycles. The minimum atomic E-state index is 0.0287. The Morgan fingerprint density at radius 2 is 2.07 bits per heavy atom. The van der Waals surface area contributed by atoms with Crippen molar-refractivity contribution in [2.24, 2.45) is 11.3 Å². The highest BCUT2D eigenvalue weighted by molar-refractivity contribution is 4.87. The standard InChI is InChI=1S/C12H25NO/c1-4-5-11(10-6-7-10)13-8-12(2,3)9-14/h10-11,13-14H,4-9H2,1-3H3. The first kappa shape index (κ1) is 12.0. The molecule has 1 unspecified atom stereocenters. The molecule has 0 spiro atoms. The zero-order valence-corrected chi connectivity index (χ0v) is 9.84. The Balaban J connectivity index is 2.25. The SMILES string of the molecule is CCCC(NCC(C)(C)CO)C1CC1. The first-order chi connectivity index (χ1) is 6.59. The molecule has 0 aromatic heterocycles. The van der Waals surface area contributed by atoms with Crippen LogP contribution in [0.2, 0.25) is 0 Å². The number of hydrogen-bond donors (Lipinski definition) is 2. The van der Waals surface area contributed by atoms with Gasteiger partial charge >= 0.3 is 0 Å². The molecule has 2 nitrogen and oxygen atoms in total. The van der Waals surface area contributed by atoms with Crippen molar-refractivity contribution in [1.29, 1.82) is 0 Å². The van der Waals surface area contributed by atoms with Crippen LogP contribution in [0, 0.1) is 11.3 Å². The van der Waals surface area contributed by atoms with Crippen LogP contribution < -0.4 is 5.32 Å². The normalized spacial score (nSPS) is 19.7. The van der Waals surface area contributed by atoms with Gasteiger partial charge in [0.25, 0.3) is 0 Å². The molecule has 0 radical (unpaired) electrons. The molecule has 1 fully saturated rings. The van der Waals surface area contributed by atoms with Gasteiger partial charge in [0.2, 0.25) is 0 Å². The van der Waals surface area contributed by atoms with Crippen molar-refractivity contribution in [3.05, 3.63) is 0 Å². The molecule has 0 amide bonds. The van der Waals surface area contributed by atoms with Crippen LogP contribution in [0.3, 0.4) is 0 Å². The Hall–Kier alpha value is -0.0800. The third-order valence-corrected chi connectivity index (χ3v) is 3.06. The lowest BCUT2D eigenvalue weighted by Crippen LogP contribution is -2.39. The van der Waals surface area contributed by atoms with Crippen molar-refractivity contribution >= 4 is 0 Å². The van der Waals surface area contributed by atoms with Gasteiger partial charge in [0.05, 0.1) is 0 Å². The molecule has 0 aliphatic heterocycles. The minimum absolute atomic E-state index is 0.0287. The Morgan fingerprint density at radius 3 is 2.50 bits per heavy atom. The number of aliphatic hydroxyl groups is 1. The first-order valence-corrected chi connectivity index (χ1v) is 5.93. The van der Waals surface area contributed by atoms with Gasteiger partial charge in [-0.3, -0.25) is 0 Å². The maximum Gasteiger partial charge on any atom is 0.0494 e. The fraction of sp³-hybridized carbons (Fsp3) is 1.00. The smallest absolute Gasteiger partial charge is 0.0494 e. The fourth-order valence-electron chi connectivity index (χ4n) is 1.78. The van der Waals surface area contributed by atoms with Gasteiger partial charge in [-0.05, 0) is 25.2 Å². The molecule has 0 aromatic carbocycles. The summed E-state index contributed by atoms with van der Waals surface area (Å²) in [6.07, 6.45) is 5.34. The highest BCUT2D eigenvalue weighted by Crippen LogP contribution is 2.34. The van der Waals surface area contributed by atoms with Gasteiger partial charge < -0.3 is 10.4 Å². The highest BCUT2D eigenvalue weighted by atomic mass is 16.3. The summed E-state index contributed by atoms with van der Waals surface area (Å²) in [5.41, 5.74) is 0.0287. The zero-order chi connectivity index (χ0) is 10.6. The van der Waals surface area contributed by atoms with Crippen molar-refractivity contribution in [3.63, 3.8) is 0 Å². The summed E-state index contributed by atoms with van der Waals surface area (Å²) in [4.78, 5) is 0. The molecule has 1 rings (SSSR count). The van der Waals surface area contributed by atoms with Crippen LogP contribution in [0.1, 0.15) is 46.5 Å². The third-order valence-electron chi connectivity index (χ3n) is 3.06. The molecule has 1 aliphatic carbocycles. The maximum atomic E-state index is 9.15. The van der Waals surface area contributed by atoms with E-state index < -0.39 is 0 Å².